The Morgan fingerprint density at radius 2 is 0.841 bits per heavy atom. The van der Waals surface area contributed by atoms with Gasteiger partial charge < -0.3 is 18.0 Å². The molecule has 0 N–H and O–H groups in total. The van der Waals surface area contributed by atoms with Gasteiger partial charge in [0.25, 0.3) is 0 Å². The summed E-state index contributed by atoms with van der Waals surface area (Å²) >= 11 is 0. The van der Waals surface area contributed by atoms with Gasteiger partial charge in [0.2, 0.25) is 23.3 Å². The molecule has 0 saturated heterocycles. The van der Waals surface area contributed by atoms with Crippen molar-refractivity contribution < 1.29 is 79.5 Å². The van der Waals surface area contributed by atoms with Crippen LogP contribution in [0, 0.1) is 81.4 Å². The molecule has 0 heterocycles. The molecule has 3 rings (SSSR count). The van der Waals surface area contributed by atoms with Crippen molar-refractivity contribution in [1.82, 2.24) is 0 Å². The minimum absolute atomic E-state index is 0.178. The maximum absolute atomic E-state index is 14.8. The van der Waals surface area contributed by atoms with Crippen LogP contribution in [0.1, 0.15) is 30.9 Å². The van der Waals surface area contributed by atoms with Crippen molar-refractivity contribution in [3.63, 3.8) is 0 Å². The highest BCUT2D eigenvalue weighted by Gasteiger charge is 2.46. The van der Waals surface area contributed by atoms with Gasteiger partial charge in [0.05, 0.1) is 0 Å². The van der Waals surface area contributed by atoms with Crippen LogP contribution >= 0.6 is 0 Å². The van der Waals surface area contributed by atoms with E-state index >= 15 is 0 Å². The average molecular weight is 674 g/mol. The summed E-state index contributed by atoms with van der Waals surface area (Å²) in [5, 5.41) is 0. The normalized spacial score (nSPS) is 12.0. The zero-order valence-electron chi connectivity index (χ0n) is 21.9. The fraction of sp³-hybridized carbons (Fsp3) is 0.280. The highest BCUT2D eigenvalue weighted by molar-refractivity contribution is 6.60. The molecule has 3 aromatic carbocycles. The molecule has 0 aliphatic rings. The van der Waals surface area contributed by atoms with Crippen LogP contribution in [-0.2, 0) is 13.3 Å². The number of hydrogen-bond donors (Lipinski definition) is 0. The Morgan fingerprint density at radius 1 is 0.500 bits per heavy atom. The summed E-state index contributed by atoms with van der Waals surface area (Å²) in [6.07, 6.45) is -1.34. The van der Waals surface area contributed by atoms with Crippen LogP contribution < -0.4 is 4.74 Å². The van der Waals surface area contributed by atoms with Crippen molar-refractivity contribution in [1.29, 1.82) is 0 Å². The van der Waals surface area contributed by atoms with Gasteiger partial charge in [-0.3, -0.25) is 0 Å². The lowest BCUT2D eigenvalue weighted by Crippen LogP contribution is -2.52. The molecule has 44 heavy (non-hydrogen) atoms. The van der Waals surface area contributed by atoms with Crippen LogP contribution in [0.25, 0.3) is 0 Å². The standard InChI is InChI=1S/C25H16F14O4Si/c1-3-41-44(42-4-2,7-40-25-13(28)9(26)5-10(27)14(25)29)43-6-8(11-15(30)19(34)23(38)20(35)16(11)31)12-17(32)21(36)24(39)22(37)18(12)33/h5,8H,3-4,6-7H2,1-2H3. The second-order valence-electron chi connectivity index (χ2n) is 8.47. The lowest BCUT2D eigenvalue weighted by atomic mass is 9.89. The Bertz CT molecular complexity index is 1410. The van der Waals surface area contributed by atoms with Crippen LogP contribution in [0.2, 0.25) is 0 Å². The van der Waals surface area contributed by atoms with Gasteiger partial charge >= 0.3 is 8.80 Å². The van der Waals surface area contributed by atoms with Gasteiger partial charge in [-0.1, -0.05) is 0 Å². The summed E-state index contributed by atoms with van der Waals surface area (Å²) in [7, 11) is -4.85. The number of rotatable bonds is 12. The highest BCUT2D eigenvalue weighted by Crippen LogP contribution is 2.38. The van der Waals surface area contributed by atoms with E-state index in [1.54, 1.807) is 0 Å². The quantitative estimate of drug-likeness (QED) is 0.0869. The van der Waals surface area contributed by atoms with E-state index in [0.717, 1.165) is 0 Å². The summed E-state index contributed by atoms with van der Waals surface area (Å²) in [5.74, 6) is -39.9. The van der Waals surface area contributed by atoms with Crippen molar-refractivity contribution >= 4 is 8.80 Å². The highest BCUT2D eigenvalue weighted by atomic mass is 28.4. The second-order valence-corrected chi connectivity index (χ2v) is 11.0. The monoisotopic (exact) mass is 674 g/mol. The molecule has 0 aliphatic carbocycles. The van der Waals surface area contributed by atoms with E-state index < -0.39 is 139 Å². The van der Waals surface area contributed by atoms with Gasteiger partial charge in [-0.15, -0.1) is 0 Å². The average Bonchev–Trinajstić information content (AvgIpc) is 2.98. The first-order chi connectivity index (χ1) is 20.5. The first-order valence-electron chi connectivity index (χ1n) is 11.9. The first kappa shape index (κ1) is 35.1. The number of benzene rings is 3. The predicted molar refractivity (Wildman–Crippen MR) is 121 cm³/mol. The Labute approximate surface area is 239 Å². The van der Waals surface area contributed by atoms with E-state index in [1.807, 2.05) is 0 Å². The summed E-state index contributed by atoms with van der Waals surface area (Å²) in [4.78, 5) is 0. The van der Waals surface area contributed by atoms with E-state index in [2.05, 4.69) is 0 Å². The number of ether oxygens (including phenoxy) is 1. The maximum atomic E-state index is 14.8. The SMILES string of the molecule is CCO[Si](COc1c(F)c(F)cc(F)c1F)(OCC)OCC(c1c(F)c(F)c(F)c(F)c1F)c1c(F)c(F)c(F)c(F)c1F. The molecule has 19 heteroatoms. The van der Waals surface area contributed by atoms with Gasteiger partial charge in [-0.25, -0.2) is 52.7 Å². The Hall–Kier alpha value is -3.42. The summed E-state index contributed by atoms with van der Waals surface area (Å²) in [5.41, 5.74) is -4.24. The first-order valence-corrected chi connectivity index (χ1v) is 13.9. The predicted octanol–water partition coefficient (Wildman–Crippen LogP) is 7.41. The van der Waals surface area contributed by atoms with Gasteiger partial charge in [0.15, 0.2) is 70.2 Å². The molecule has 242 valence electrons. The number of hydrogen-bond acceptors (Lipinski definition) is 4. The Kier molecular flexibility index (Phi) is 10.9. The molecule has 0 unspecified atom stereocenters. The van der Waals surface area contributed by atoms with Crippen molar-refractivity contribution in [2.24, 2.45) is 0 Å². The van der Waals surface area contributed by atoms with Crippen molar-refractivity contribution in [2.45, 2.75) is 19.8 Å². The van der Waals surface area contributed by atoms with Gasteiger partial charge in [0.1, 0.15) is 0 Å². The van der Waals surface area contributed by atoms with Crippen LogP contribution in [-0.4, -0.2) is 34.9 Å². The van der Waals surface area contributed by atoms with Crippen molar-refractivity contribution in [3.05, 3.63) is 98.6 Å². The minimum atomic E-state index is -4.85. The fourth-order valence-corrected chi connectivity index (χ4v) is 6.03. The van der Waals surface area contributed by atoms with E-state index in [0.29, 0.717) is 0 Å². The zero-order valence-corrected chi connectivity index (χ0v) is 22.9. The maximum Gasteiger partial charge on any atom is 0.540 e. The fourth-order valence-electron chi connectivity index (χ4n) is 3.91. The smallest absolute Gasteiger partial charge is 0.483 e. The largest absolute Gasteiger partial charge is 0.540 e. The molecule has 0 amide bonds. The van der Waals surface area contributed by atoms with E-state index in [-0.39, 0.29) is 6.07 Å². The third kappa shape index (κ3) is 6.36. The lowest BCUT2D eigenvalue weighted by Gasteiger charge is -2.31. The van der Waals surface area contributed by atoms with Gasteiger partial charge in [-0.05, 0) is 13.8 Å². The van der Waals surface area contributed by atoms with Crippen LogP contribution in [0.5, 0.6) is 5.75 Å². The summed E-state index contributed by atoms with van der Waals surface area (Å²) in [6.45, 7) is -0.270. The third-order valence-electron chi connectivity index (χ3n) is 5.85. The molecule has 0 radical (unpaired) electrons. The molecule has 0 bridgehead atoms. The Balaban J connectivity index is 2.21. The lowest BCUT2D eigenvalue weighted by molar-refractivity contribution is 0.0459. The van der Waals surface area contributed by atoms with E-state index in [9.17, 15) is 61.5 Å². The molecule has 4 nitrogen and oxygen atoms in total. The summed E-state index contributed by atoms with van der Waals surface area (Å²) in [6, 6.07) is -0.178. The van der Waals surface area contributed by atoms with Crippen LogP contribution in [0.15, 0.2) is 6.07 Å². The van der Waals surface area contributed by atoms with Crippen molar-refractivity contribution in [2.75, 3.05) is 26.1 Å². The van der Waals surface area contributed by atoms with E-state index in [1.165, 1.54) is 13.8 Å². The Morgan fingerprint density at radius 3 is 1.18 bits per heavy atom. The van der Waals surface area contributed by atoms with Crippen molar-refractivity contribution in [3.8, 4) is 5.75 Å². The molecule has 0 fully saturated rings. The molecule has 0 saturated carbocycles. The molecular weight excluding hydrogens is 658 g/mol. The second kappa shape index (κ2) is 13.7. The minimum Gasteiger partial charge on any atom is -0.483 e. The molecule has 0 spiro atoms. The molecular formula is C25H16F14O4Si. The molecule has 0 aromatic heterocycles. The van der Waals surface area contributed by atoms with Crippen LogP contribution in [0.3, 0.4) is 0 Å². The molecule has 3 aromatic rings. The zero-order chi connectivity index (χ0) is 33.3. The van der Waals surface area contributed by atoms with Crippen LogP contribution in [0.4, 0.5) is 61.5 Å². The van der Waals surface area contributed by atoms with Gasteiger partial charge in [-0.2, -0.15) is 8.78 Å². The molecule has 0 aliphatic heterocycles. The third-order valence-corrected chi connectivity index (χ3v) is 8.41. The number of halogens is 14. The molecule has 0 atom stereocenters. The summed E-state index contributed by atoms with van der Waals surface area (Å²) < 4.78 is 219. The topological polar surface area (TPSA) is 36.9 Å². The van der Waals surface area contributed by atoms with E-state index in [4.69, 9.17) is 18.0 Å². The van der Waals surface area contributed by atoms with Gasteiger partial charge in [0, 0.05) is 42.9 Å².